The lowest BCUT2D eigenvalue weighted by Gasteiger charge is -1.90. The number of rotatable bonds is 6. The minimum Gasteiger partial charge on any atom is -0.0776 e. The van der Waals surface area contributed by atoms with Gasteiger partial charge in [0.2, 0.25) is 0 Å². The zero-order valence-corrected chi connectivity index (χ0v) is 9.66. The lowest BCUT2D eigenvalue weighted by molar-refractivity contribution is 0.656. The summed E-state index contributed by atoms with van der Waals surface area (Å²) < 4.78 is 0. The molecule has 0 fully saturated rings. The molecule has 0 aliphatic heterocycles. The van der Waals surface area contributed by atoms with Crippen molar-refractivity contribution in [2.45, 2.75) is 153 Å². The van der Waals surface area contributed by atoms with E-state index in [1.807, 2.05) is 0 Å². The van der Waals surface area contributed by atoms with Crippen LogP contribution in [0.5, 0.6) is 0 Å². The summed E-state index contributed by atoms with van der Waals surface area (Å²) in [6, 6.07) is 0. The molecule has 22 heavy (non-hydrogen) atoms. The largest absolute Gasteiger partial charge is 0.0776 e. The van der Waals surface area contributed by atoms with Gasteiger partial charge in [0.05, 0.1) is 0 Å². The fourth-order valence-electron chi connectivity index (χ4n) is 1.03. The lowest BCUT2D eigenvalue weighted by Crippen LogP contribution is -1.70. The third kappa shape index (κ3) is 201. The topological polar surface area (TPSA) is 0 Å². The normalized spacial score (nSPS) is 4.91. The second kappa shape index (κ2) is 131. The van der Waals surface area contributed by atoms with Crippen LogP contribution in [0, 0.1) is 0 Å². The monoisotopic (exact) mass is 333 g/mol. The molecule has 0 heteroatoms. The molecule has 0 aromatic carbocycles. The summed E-state index contributed by atoms with van der Waals surface area (Å²) in [6.45, 7) is 8.91. The summed E-state index contributed by atoms with van der Waals surface area (Å²) in [7, 11) is 0. The van der Waals surface area contributed by atoms with E-state index < -0.39 is 0 Å². The Balaban J connectivity index is -0.00000000635. The number of hydrogen-bond donors (Lipinski definition) is 0. The maximum Gasteiger partial charge on any atom is -0.0533 e. The fraction of sp³-hybridized carbons (Fsp3) is 1.00. The molecule has 0 saturated heterocycles. The molecule has 0 unspecified atom stereocenters. The molecule has 0 heterocycles. The molecular formula is C22H68. The molecule has 0 spiro atoms. The van der Waals surface area contributed by atoms with Gasteiger partial charge in [-0.2, -0.15) is 0 Å². The van der Waals surface area contributed by atoms with Crippen molar-refractivity contribution in [1.82, 2.24) is 0 Å². The van der Waals surface area contributed by atoms with E-state index in [-0.39, 0.29) is 74.3 Å². The van der Waals surface area contributed by atoms with E-state index in [9.17, 15) is 0 Å². The molecule has 0 rings (SSSR count). The first kappa shape index (κ1) is 97.0. The predicted molar refractivity (Wildman–Crippen MR) is 127 cm³/mol. The van der Waals surface area contributed by atoms with Crippen LogP contribution in [0.3, 0.4) is 0 Å². The van der Waals surface area contributed by atoms with E-state index in [4.69, 9.17) is 0 Å². The molecule has 0 nitrogen and oxygen atoms in total. The first-order chi connectivity index (χ1) is 5.83. The zero-order valence-electron chi connectivity index (χ0n) is 9.66. The average molecular weight is 333 g/mol. The number of hydrogen-bond acceptors (Lipinski definition) is 0. The molecule has 0 N–H and O–H groups in total. The highest BCUT2D eigenvalue weighted by Crippen LogP contribution is 2.00. The van der Waals surface area contributed by atoms with E-state index >= 15 is 0 Å². The quantitative estimate of drug-likeness (QED) is 0.424. The van der Waals surface area contributed by atoms with Gasteiger partial charge in [-0.05, 0) is 0 Å². The maximum absolute atomic E-state index is 2.25. The van der Waals surface area contributed by atoms with Gasteiger partial charge in [0.1, 0.15) is 0 Å². The van der Waals surface area contributed by atoms with E-state index in [2.05, 4.69) is 27.7 Å². The van der Waals surface area contributed by atoms with Gasteiger partial charge < -0.3 is 0 Å². The van der Waals surface area contributed by atoms with Crippen molar-refractivity contribution in [3.8, 4) is 0 Å². The Morgan fingerprint density at radius 1 is 0.273 bits per heavy atom. The van der Waals surface area contributed by atoms with Crippen molar-refractivity contribution in [2.75, 3.05) is 0 Å². The van der Waals surface area contributed by atoms with Crippen molar-refractivity contribution < 1.29 is 0 Å². The van der Waals surface area contributed by atoms with Crippen molar-refractivity contribution >= 4 is 0 Å². The summed E-state index contributed by atoms with van der Waals surface area (Å²) in [5.74, 6) is 0. The summed E-state index contributed by atoms with van der Waals surface area (Å²) in [4.78, 5) is 0. The van der Waals surface area contributed by atoms with E-state index in [0.717, 1.165) is 0 Å². The minimum atomic E-state index is 0. The smallest absolute Gasteiger partial charge is 0.0533 e. The van der Waals surface area contributed by atoms with Gasteiger partial charge in [-0.3, -0.25) is 0 Å². The molecule has 0 amide bonds. The molecule has 156 valence electrons. The molecule has 0 saturated carbocycles. The predicted octanol–water partition coefficient (Wildman–Crippen LogP) is 11.5. The molecule has 0 atom stereocenters. The van der Waals surface area contributed by atoms with Gasteiger partial charge in [-0.15, -0.1) is 0 Å². The van der Waals surface area contributed by atoms with Gasteiger partial charge >= 0.3 is 0 Å². The standard InChI is InChI=1S/C7H16.C5H12.10CH4/c1-3-5-7-6-4-2;1-3-5-4-2;;;;;;;;;;/h3-7H2,1-2H3;3-5H2,1-2H3;10*1H4. The molecule has 0 aliphatic carbocycles. The van der Waals surface area contributed by atoms with Crippen molar-refractivity contribution in [2.24, 2.45) is 0 Å². The third-order valence-electron chi connectivity index (χ3n) is 1.91. The van der Waals surface area contributed by atoms with Crippen LogP contribution < -0.4 is 0 Å². The summed E-state index contributed by atoms with van der Waals surface area (Å²) >= 11 is 0. The van der Waals surface area contributed by atoms with Crippen LogP contribution in [0.2, 0.25) is 0 Å². The van der Waals surface area contributed by atoms with Crippen LogP contribution in [0.15, 0.2) is 0 Å². The van der Waals surface area contributed by atoms with Gasteiger partial charge in [0.25, 0.3) is 0 Å². The molecular weight excluding hydrogens is 264 g/mol. The zero-order chi connectivity index (χ0) is 9.66. The molecule has 0 aromatic heterocycles. The van der Waals surface area contributed by atoms with Crippen LogP contribution in [0.4, 0.5) is 0 Å². The Morgan fingerprint density at radius 3 is 0.545 bits per heavy atom. The van der Waals surface area contributed by atoms with Crippen LogP contribution in [-0.2, 0) is 0 Å². The Morgan fingerprint density at radius 2 is 0.455 bits per heavy atom. The van der Waals surface area contributed by atoms with Crippen LogP contribution in [0.25, 0.3) is 0 Å². The summed E-state index contributed by atoms with van der Waals surface area (Å²) in [6.07, 6.45) is 11.1. The van der Waals surface area contributed by atoms with E-state index in [1.165, 1.54) is 51.4 Å². The van der Waals surface area contributed by atoms with Gasteiger partial charge in [-0.25, -0.2) is 0 Å². The average Bonchev–Trinajstić information content (AvgIpc) is 2.08. The molecule has 0 bridgehead atoms. The first-order valence-electron chi connectivity index (χ1n) is 5.83. The van der Waals surface area contributed by atoms with E-state index in [0.29, 0.717) is 0 Å². The second-order valence-corrected chi connectivity index (χ2v) is 3.41. The second-order valence-electron chi connectivity index (χ2n) is 3.41. The Bertz CT molecular complexity index is 42.0. The Hall–Kier alpha value is 0. The van der Waals surface area contributed by atoms with E-state index in [1.54, 1.807) is 0 Å². The molecule has 0 radical (unpaired) electrons. The van der Waals surface area contributed by atoms with Gasteiger partial charge in [0.15, 0.2) is 0 Å². The van der Waals surface area contributed by atoms with Crippen molar-refractivity contribution in [3.63, 3.8) is 0 Å². The van der Waals surface area contributed by atoms with Crippen LogP contribution >= 0.6 is 0 Å². The molecule has 0 aromatic rings. The minimum absolute atomic E-state index is 0. The Labute approximate surface area is 153 Å². The summed E-state index contributed by atoms with van der Waals surface area (Å²) in [5.41, 5.74) is 0. The fourth-order valence-corrected chi connectivity index (χ4v) is 1.03. The SMILES string of the molecule is C.C.C.C.C.C.C.C.C.C.CCCCC.CCCCCCC. The third-order valence-corrected chi connectivity index (χ3v) is 1.91. The highest BCUT2D eigenvalue weighted by atomic mass is 13.9. The highest BCUT2D eigenvalue weighted by molar-refractivity contribution is 4.35. The van der Waals surface area contributed by atoms with Crippen LogP contribution in [-0.4, -0.2) is 0 Å². The first-order valence-corrected chi connectivity index (χ1v) is 5.83. The lowest BCUT2D eigenvalue weighted by atomic mass is 10.2. The molecule has 0 aliphatic rings. The Kier molecular flexibility index (Phi) is 579. The summed E-state index contributed by atoms with van der Waals surface area (Å²) in [5, 5.41) is 0. The van der Waals surface area contributed by atoms with Crippen molar-refractivity contribution in [1.29, 1.82) is 0 Å². The number of unbranched alkanes of at least 4 members (excludes halogenated alkanes) is 6. The van der Waals surface area contributed by atoms with Crippen LogP contribution in [0.1, 0.15) is 153 Å². The van der Waals surface area contributed by atoms with Gasteiger partial charge in [0, 0.05) is 0 Å². The van der Waals surface area contributed by atoms with Gasteiger partial charge in [-0.1, -0.05) is 153 Å². The maximum atomic E-state index is 2.25. The highest BCUT2D eigenvalue weighted by Gasteiger charge is 1.80. The van der Waals surface area contributed by atoms with Crippen molar-refractivity contribution in [3.05, 3.63) is 0 Å².